The molecule has 0 saturated heterocycles. The fourth-order valence-electron chi connectivity index (χ4n) is 1.98. The Bertz CT molecular complexity index is 529. The Kier molecular flexibility index (Phi) is 2.42. The largest absolute Gasteiger partial charge is 0.481 e. The van der Waals surface area contributed by atoms with Crippen molar-refractivity contribution in [3.05, 3.63) is 30.1 Å². The van der Waals surface area contributed by atoms with Gasteiger partial charge in [-0.2, -0.15) is 0 Å². The minimum Gasteiger partial charge on any atom is -0.481 e. The van der Waals surface area contributed by atoms with E-state index in [-0.39, 0.29) is 6.42 Å². The highest BCUT2D eigenvalue weighted by Crippen LogP contribution is 2.31. The molecule has 0 radical (unpaired) electrons. The standard InChI is InChI=1S/C12H14N2O2/c1-12(2,6-10(15)16)8-4-3-5-9-11(8)14-7-13-9/h3-5,7H,6H2,1-2H3,(H,13,14)(H,15,16). The predicted octanol–water partition coefficient (Wildman–Crippen LogP) is 2.32. The summed E-state index contributed by atoms with van der Waals surface area (Å²) >= 11 is 0. The van der Waals surface area contributed by atoms with E-state index < -0.39 is 11.4 Å². The van der Waals surface area contributed by atoms with Crippen molar-refractivity contribution in [1.82, 2.24) is 9.97 Å². The maximum atomic E-state index is 10.8. The molecule has 84 valence electrons. The van der Waals surface area contributed by atoms with Crippen molar-refractivity contribution in [2.75, 3.05) is 0 Å². The third-order valence-corrected chi connectivity index (χ3v) is 2.77. The number of aliphatic carboxylic acids is 1. The first-order valence-corrected chi connectivity index (χ1v) is 5.15. The molecule has 0 fully saturated rings. The zero-order chi connectivity index (χ0) is 11.8. The Labute approximate surface area is 93.3 Å². The lowest BCUT2D eigenvalue weighted by Crippen LogP contribution is -2.22. The fraction of sp³-hybridized carbons (Fsp3) is 0.333. The Morgan fingerprint density at radius 3 is 2.94 bits per heavy atom. The molecule has 2 aromatic rings. The summed E-state index contributed by atoms with van der Waals surface area (Å²) in [6.45, 7) is 3.84. The van der Waals surface area contributed by atoms with Gasteiger partial charge in [-0.1, -0.05) is 26.0 Å². The van der Waals surface area contributed by atoms with Crippen LogP contribution in [-0.2, 0) is 10.2 Å². The summed E-state index contributed by atoms with van der Waals surface area (Å²) in [5.41, 5.74) is 2.35. The van der Waals surface area contributed by atoms with Crippen LogP contribution in [-0.4, -0.2) is 21.0 Å². The second-order valence-corrected chi connectivity index (χ2v) is 4.56. The number of carbonyl (C=O) groups is 1. The molecule has 0 unspecified atom stereocenters. The highest BCUT2D eigenvalue weighted by atomic mass is 16.4. The molecular formula is C12H14N2O2. The molecule has 0 atom stereocenters. The number of hydrogen-bond acceptors (Lipinski definition) is 2. The normalized spacial score (nSPS) is 11.9. The summed E-state index contributed by atoms with van der Waals surface area (Å²) in [4.78, 5) is 18.1. The maximum absolute atomic E-state index is 10.8. The molecule has 16 heavy (non-hydrogen) atoms. The molecule has 1 aromatic carbocycles. The van der Waals surface area contributed by atoms with Gasteiger partial charge in [-0.15, -0.1) is 0 Å². The predicted molar refractivity (Wildman–Crippen MR) is 61.4 cm³/mol. The third-order valence-electron chi connectivity index (χ3n) is 2.77. The number of para-hydroxylation sites is 1. The van der Waals surface area contributed by atoms with E-state index >= 15 is 0 Å². The lowest BCUT2D eigenvalue weighted by Gasteiger charge is -2.23. The molecule has 0 aliphatic rings. The number of rotatable bonds is 3. The van der Waals surface area contributed by atoms with Gasteiger partial charge >= 0.3 is 5.97 Å². The topological polar surface area (TPSA) is 66.0 Å². The van der Waals surface area contributed by atoms with Crippen LogP contribution >= 0.6 is 0 Å². The van der Waals surface area contributed by atoms with Gasteiger partial charge in [0.15, 0.2) is 0 Å². The van der Waals surface area contributed by atoms with E-state index in [0.29, 0.717) is 0 Å². The van der Waals surface area contributed by atoms with Gasteiger partial charge in [0.05, 0.1) is 23.8 Å². The van der Waals surface area contributed by atoms with E-state index in [9.17, 15) is 4.79 Å². The Hall–Kier alpha value is -1.84. The maximum Gasteiger partial charge on any atom is 0.304 e. The zero-order valence-corrected chi connectivity index (χ0v) is 9.32. The molecule has 4 nitrogen and oxygen atoms in total. The number of nitrogens with zero attached hydrogens (tertiary/aromatic N) is 1. The molecule has 0 saturated carbocycles. The van der Waals surface area contributed by atoms with E-state index in [1.165, 1.54) is 0 Å². The van der Waals surface area contributed by atoms with E-state index in [2.05, 4.69) is 9.97 Å². The number of H-pyrrole nitrogens is 1. The van der Waals surface area contributed by atoms with Gasteiger partial charge < -0.3 is 10.1 Å². The average Bonchev–Trinajstić information content (AvgIpc) is 2.62. The van der Waals surface area contributed by atoms with Crippen molar-refractivity contribution in [2.24, 2.45) is 0 Å². The Morgan fingerprint density at radius 2 is 2.25 bits per heavy atom. The zero-order valence-electron chi connectivity index (χ0n) is 9.32. The second-order valence-electron chi connectivity index (χ2n) is 4.56. The van der Waals surface area contributed by atoms with Gasteiger partial charge in [0.25, 0.3) is 0 Å². The van der Waals surface area contributed by atoms with Gasteiger partial charge in [0.1, 0.15) is 0 Å². The van der Waals surface area contributed by atoms with Crippen LogP contribution in [0.4, 0.5) is 0 Å². The SMILES string of the molecule is CC(C)(CC(=O)O)c1cccc2[nH]cnc12. The van der Waals surface area contributed by atoms with Crippen LogP contribution in [0.15, 0.2) is 24.5 Å². The minimum absolute atomic E-state index is 0.0962. The summed E-state index contributed by atoms with van der Waals surface area (Å²) < 4.78 is 0. The van der Waals surface area contributed by atoms with Crippen LogP contribution in [0.1, 0.15) is 25.8 Å². The van der Waals surface area contributed by atoms with Crippen molar-refractivity contribution >= 4 is 17.0 Å². The number of imidazole rings is 1. The molecule has 0 bridgehead atoms. The molecule has 0 amide bonds. The second kappa shape index (κ2) is 3.63. The van der Waals surface area contributed by atoms with E-state index in [4.69, 9.17) is 5.11 Å². The summed E-state index contributed by atoms with van der Waals surface area (Å²) in [7, 11) is 0. The number of aromatic nitrogens is 2. The summed E-state index contributed by atoms with van der Waals surface area (Å²) in [6, 6.07) is 5.79. The molecule has 0 aliphatic carbocycles. The molecule has 2 rings (SSSR count). The van der Waals surface area contributed by atoms with Crippen LogP contribution in [0.25, 0.3) is 11.0 Å². The fourth-order valence-corrected chi connectivity index (χ4v) is 1.98. The molecule has 2 N–H and O–H groups in total. The van der Waals surface area contributed by atoms with Gasteiger partial charge in [-0.05, 0) is 11.6 Å². The number of hydrogen-bond donors (Lipinski definition) is 2. The first kappa shape index (κ1) is 10.7. The van der Waals surface area contributed by atoms with Gasteiger partial charge in [0.2, 0.25) is 0 Å². The van der Waals surface area contributed by atoms with E-state index in [1.807, 2.05) is 32.0 Å². The number of benzene rings is 1. The lowest BCUT2D eigenvalue weighted by molar-refractivity contribution is -0.138. The van der Waals surface area contributed by atoms with Crippen LogP contribution in [0.5, 0.6) is 0 Å². The van der Waals surface area contributed by atoms with Crippen LogP contribution in [0.2, 0.25) is 0 Å². The molecule has 1 aromatic heterocycles. The minimum atomic E-state index is -0.794. The van der Waals surface area contributed by atoms with Crippen molar-refractivity contribution in [3.8, 4) is 0 Å². The highest BCUT2D eigenvalue weighted by molar-refractivity contribution is 5.80. The first-order valence-electron chi connectivity index (χ1n) is 5.15. The van der Waals surface area contributed by atoms with Crippen molar-refractivity contribution in [1.29, 1.82) is 0 Å². The number of aromatic amines is 1. The number of carboxylic acid groups (broad SMARTS) is 1. The van der Waals surface area contributed by atoms with Crippen LogP contribution in [0.3, 0.4) is 0 Å². The molecule has 4 heteroatoms. The Morgan fingerprint density at radius 1 is 1.50 bits per heavy atom. The van der Waals surface area contributed by atoms with Crippen molar-refractivity contribution in [3.63, 3.8) is 0 Å². The molecular weight excluding hydrogens is 204 g/mol. The Balaban J connectivity index is 2.53. The summed E-state index contributed by atoms with van der Waals surface area (Å²) in [5.74, 6) is -0.794. The van der Waals surface area contributed by atoms with Gasteiger partial charge in [0, 0.05) is 5.41 Å². The average molecular weight is 218 g/mol. The van der Waals surface area contributed by atoms with Gasteiger partial charge in [-0.3, -0.25) is 4.79 Å². The number of carboxylic acids is 1. The molecule has 0 aliphatic heterocycles. The van der Waals surface area contributed by atoms with E-state index in [0.717, 1.165) is 16.6 Å². The smallest absolute Gasteiger partial charge is 0.304 e. The quantitative estimate of drug-likeness (QED) is 0.830. The van der Waals surface area contributed by atoms with Crippen molar-refractivity contribution < 1.29 is 9.90 Å². The van der Waals surface area contributed by atoms with E-state index in [1.54, 1.807) is 6.33 Å². The van der Waals surface area contributed by atoms with Gasteiger partial charge in [-0.25, -0.2) is 4.98 Å². The monoisotopic (exact) mass is 218 g/mol. The van der Waals surface area contributed by atoms with Crippen molar-refractivity contribution in [2.45, 2.75) is 25.7 Å². The number of fused-ring (bicyclic) bond motifs is 1. The van der Waals surface area contributed by atoms with Crippen LogP contribution < -0.4 is 0 Å². The van der Waals surface area contributed by atoms with Crippen LogP contribution in [0, 0.1) is 0 Å². The molecule has 1 heterocycles. The summed E-state index contributed by atoms with van der Waals surface area (Å²) in [5, 5.41) is 8.90. The highest BCUT2D eigenvalue weighted by Gasteiger charge is 2.26. The first-order chi connectivity index (χ1) is 7.50. The molecule has 0 spiro atoms. The number of nitrogens with one attached hydrogen (secondary N) is 1. The third kappa shape index (κ3) is 1.78. The summed E-state index contributed by atoms with van der Waals surface area (Å²) in [6.07, 6.45) is 1.73. The lowest BCUT2D eigenvalue weighted by atomic mass is 9.81.